The molecule has 0 radical (unpaired) electrons. The number of rotatable bonds is 9. The van der Waals surface area contributed by atoms with Gasteiger partial charge in [-0.1, -0.05) is 84.4 Å². The third kappa shape index (κ3) is 5.77. The number of halogens is 1. The molecule has 0 saturated heterocycles. The summed E-state index contributed by atoms with van der Waals surface area (Å²) in [6.45, 7) is 2.65. The molecule has 0 aromatic heterocycles. The number of carbonyl (C=O) groups is 1. The van der Waals surface area contributed by atoms with Crippen molar-refractivity contribution < 1.29 is 14.3 Å². The molecule has 34 heavy (non-hydrogen) atoms. The quantitative estimate of drug-likeness (QED) is 0.291. The molecule has 1 N–H and O–H groups in total. The summed E-state index contributed by atoms with van der Waals surface area (Å²) in [5, 5.41) is 3.72. The Bertz CT molecular complexity index is 1190. The standard InChI is InChI=1S/C29H26ClNO3/c1-2-33-26-18-17-23(19-24(26)20-34-27-16-10-9-15-25(27)30)29(32)31-28(21-11-5-3-6-12-21)22-13-7-4-8-14-22/h3-19,28H,2,20H2,1H3,(H,31,32). The highest BCUT2D eigenvalue weighted by molar-refractivity contribution is 6.32. The Morgan fingerprint density at radius 3 is 2.03 bits per heavy atom. The number of hydrogen-bond acceptors (Lipinski definition) is 3. The van der Waals surface area contributed by atoms with Crippen LogP contribution in [0.3, 0.4) is 0 Å². The first-order valence-corrected chi connectivity index (χ1v) is 11.6. The maximum Gasteiger partial charge on any atom is 0.252 e. The third-order valence-corrected chi connectivity index (χ3v) is 5.70. The number of para-hydroxylation sites is 1. The fourth-order valence-corrected chi connectivity index (χ4v) is 3.90. The Morgan fingerprint density at radius 1 is 0.794 bits per heavy atom. The van der Waals surface area contributed by atoms with Crippen molar-refractivity contribution in [2.75, 3.05) is 6.61 Å². The fraction of sp³-hybridized carbons (Fsp3) is 0.138. The largest absolute Gasteiger partial charge is 0.493 e. The zero-order valence-electron chi connectivity index (χ0n) is 18.9. The van der Waals surface area contributed by atoms with E-state index < -0.39 is 0 Å². The van der Waals surface area contributed by atoms with Crippen LogP contribution < -0.4 is 14.8 Å². The summed E-state index contributed by atoms with van der Waals surface area (Å²) in [6.07, 6.45) is 0. The third-order valence-electron chi connectivity index (χ3n) is 5.38. The molecule has 0 aliphatic carbocycles. The lowest BCUT2D eigenvalue weighted by Gasteiger charge is -2.20. The second-order valence-corrected chi connectivity index (χ2v) is 8.11. The molecule has 0 fully saturated rings. The normalized spacial score (nSPS) is 10.7. The first-order chi connectivity index (χ1) is 16.7. The molecule has 0 bridgehead atoms. The highest BCUT2D eigenvalue weighted by atomic mass is 35.5. The minimum absolute atomic E-state index is 0.181. The maximum absolute atomic E-state index is 13.3. The number of carbonyl (C=O) groups excluding carboxylic acids is 1. The van der Waals surface area contributed by atoms with E-state index in [1.165, 1.54) is 0 Å². The van der Waals surface area contributed by atoms with Crippen LogP contribution in [0.15, 0.2) is 103 Å². The van der Waals surface area contributed by atoms with Crippen molar-refractivity contribution in [2.24, 2.45) is 0 Å². The maximum atomic E-state index is 13.3. The molecule has 4 rings (SSSR count). The van der Waals surface area contributed by atoms with Crippen molar-refractivity contribution in [1.29, 1.82) is 0 Å². The van der Waals surface area contributed by atoms with Gasteiger partial charge >= 0.3 is 0 Å². The van der Waals surface area contributed by atoms with E-state index >= 15 is 0 Å². The summed E-state index contributed by atoms with van der Waals surface area (Å²) in [7, 11) is 0. The van der Waals surface area contributed by atoms with Crippen LogP contribution >= 0.6 is 11.6 Å². The van der Waals surface area contributed by atoms with Gasteiger partial charge in [-0.25, -0.2) is 0 Å². The van der Waals surface area contributed by atoms with E-state index in [0.29, 0.717) is 28.7 Å². The Kier molecular flexibility index (Phi) is 7.84. The van der Waals surface area contributed by atoms with E-state index in [1.807, 2.05) is 97.9 Å². The van der Waals surface area contributed by atoms with E-state index in [1.54, 1.807) is 12.1 Å². The van der Waals surface area contributed by atoms with Gasteiger partial charge < -0.3 is 14.8 Å². The van der Waals surface area contributed by atoms with Gasteiger partial charge in [0.25, 0.3) is 5.91 Å². The second-order valence-electron chi connectivity index (χ2n) is 7.70. The first kappa shape index (κ1) is 23.4. The Morgan fingerprint density at radius 2 is 1.41 bits per heavy atom. The molecule has 5 heteroatoms. The molecule has 0 aliphatic heterocycles. The molecule has 0 spiro atoms. The molecule has 4 aromatic rings. The lowest BCUT2D eigenvalue weighted by atomic mass is 9.98. The lowest BCUT2D eigenvalue weighted by molar-refractivity contribution is 0.0942. The second kappa shape index (κ2) is 11.4. The summed E-state index contributed by atoms with van der Waals surface area (Å²) in [5.41, 5.74) is 3.31. The van der Waals surface area contributed by atoms with Crippen molar-refractivity contribution in [3.05, 3.63) is 130 Å². The molecule has 4 nitrogen and oxygen atoms in total. The van der Waals surface area contributed by atoms with E-state index in [-0.39, 0.29) is 18.6 Å². The van der Waals surface area contributed by atoms with Gasteiger partial charge in [0.2, 0.25) is 0 Å². The van der Waals surface area contributed by atoms with Crippen LogP contribution in [0.4, 0.5) is 0 Å². The van der Waals surface area contributed by atoms with Gasteiger partial charge in [0.05, 0.1) is 17.7 Å². The van der Waals surface area contributed by atoms with Crippen molar-refractivity contribution in [1.82, 2.24) is 5.32 Å². The molecular weight excluding hydrogens is 446 g/mol. The zero-order chi connectivity index (χ0) is 23.8. The van der Waals surface area contributed by atoms with Gasteiger partial charge in [-0.15, -0.1) is 0 Å². The van der Waals surface area contributed by atoms with Gasteiger partial charge in [-0.3, -0.25) is 4.79 Å². The van der Waals surface area contributed by atoms with Crippen molar-refractivity contribution in [3.63, 3.8) is 0 Å². The number of nitrogens with one attached hydrogen (secondary N) is 1. The molecule has 0 aliphatic rings. The Labute approximate surface area is 205 Å². The van der Waals surface area contributed by atoms with E-state index in [9.17, 15) is 4.79 Å². The van der Waals surface area contributed by atoms with E-state index in [4.69, 9.17) is 21.1 Å². The number of hydrogen-bond donors (Lipinski definition) is 1. The highest BCUT2D eigenvalue weighted by Gasteiger charge is 2.19. The van der Waals surface area contributed by atoms with Gasteiger partial charge in [0.1, 0.15) is 18.1 Å². The van der Waals surface area contributed by atoms with Gasteiger partial charge in [-0.2, -0.15) is 0 Å². The van der Waals surface area contributed by atoms with Crippen molar-refractivity contribution >= 4 is 17.5 Å². The summed E-state index contributed by atoms with van der Waals surface area (Å²) in [6, 6.07) is 32.3. The van der Waals surface area contributed by atoms with Crippen LogP contribution in [0, 0.1) is 0 Å². The monoisotopic (exact) mass is 471 g/mol. The predicted molar refractivity (Wildman–Crippen MR) is 136 cm³/mol. The molecule has 172 valence electrons. The molecule has 4 aromatic carbocycles. The summed E-state index contributed by atoms with van der Waals surface area (Å²) in [5.74, 6) is 1.07. The van der Waals surface area contributed by atoms with Gasteiger partial charge in [0, 0.05) is 11.1 Å². The van der Waals surface area contributed by atoms with E-state index in [0.717, 1.165) is 16.7 Å². The van der Waals surface area contributed by atoms with Crippen LogP contribution in [0.25, 0.3) is 0 Å². The predicted octanol–water partition coefficient (Wildman–Crippen LogP) is 6.84. The fourth-order valence-electron chi connectivity index (χ4n) is 3.71. The molecular formula is C29H26ClNO3. The molecule has 0 atom stereocenters. The van der Waals surface area contributed by atoms with Crippen LogP contribution in [-0.4, -0.2) is 12.5 Å². The molecule has 1 amide bonds. The minimum atomic E-state index is -0.274. The summed E-state index contributed by atoms with van der Waals surface area (Å²) < 4.78 is 11.7. The Hall–Kier alpha value is -3.76. The molecule has 0 saturated carbocycles. The number of benzene rings is 4. The van der Waals surface area contributed by atoms with Crippen LogP contribution in [0.2, 0.25) is 5.02 Å². The molecule has 0 unspecified atom stereocenters. The average molecular weight is 472 g/mol. The first-order valence-electron chi connectivity index (χ1n) is 11.2. The van der Waals surface area contributed by atoms with E-state index in [2.05, 4.69) is 5.32 Å². The molecule has 0 heterocycles. The van der Waals surface area contributed by atoms with Crippen molar-refractivity contribution in [3.8, 4) is 11.5 Å². The van der Waals surface area contributed by atoms with Gasteiger partial charge in [0.15, 0.2) is 0 Å². The van der Waals surface area contributed by atoms with Crippen LogP contribution in [0.5, 0.6) is 11.5 Å². The Balaban J connectivity index is 1.59. The topological polar surface area (TPSA) is 47.6 Å². The zero-order valence-corrected chi connectivity index (χ0v) is 19.7. The average Bonchev–Trinajstić information content (AvgIpc) is 2.88. The minimum Gasteiger partial charge on any atom is -0.493 e. The summed E-state index contributed by atoms with van der Waals surface area (Å²) >= 11 is 6.23. The van der Waals surface area contributed by atoms with Crippen molar-refractivity contribution in [2.45, 2.75) is 19.6 Å². The highest BCUT2D eigenvalue weighted by Crippen LogP contribution is 2.28. The van der Waals surface area contributed by atoms with Gasteiger partial charge in [-0.05, 0) is 48.4 Å². The SMILES string of the molecule is CCOc1ccc(C(=O)NC(c2ccccc2)c2ccccc2)cc1COc1ccccc1Cl. The smallest absolute Gasteiger partial charge is 0.252 e. The summed E-state index contributed by atoms with van der Waals surface area (Å²) in [4.78, 5) is 13.3. The lowest BCUT2D eigenvalue weighted by Crippen LogP contribution is -2.29. The number of ether oxygens (including phenoxy) is 2. The van der Waals surface area contributed by atoms with Crippen LogP contribution in [0.1, 0.15) is 40.0 Å². The number of amides is 1. The van der Waals surface area contributed by atoms with Crippen LogP contribution in [-0.2, 0) is 6.61 Å².